The molecule has 7 heteroatoms. The summed E-state index contributed by atoms with van der Waals surface area (Å²) in [6.07, 6.45) is 3.42. The first-order valence-corrected chi connectivity index (χ1v) is 11.2. The van der Waals surface area contributed by atoms with Crippen molar-refractivity contribution < 1.29 is 19.5 Å². The van der Waals surface area contributed by atoms with E-state index >= 15 is 0 Å². The first kappa shape index (κ1) is 24.8. The number of aliphatic carboxylic acids is 1. The summed E-state index contributed by atoms with van der Waals surface area (Å²) in [7, 11) is 1.57. The summed E-state index contributed by atoms with van der Waals surface area (Å²) in [6.45, 7) is 4.01. The predicted octanol–water partition coefficient (Wildman–Crippen LogP) is 4.12. The monoisotopic (exact) mass is 461 g/mol. The highest BCUT2D eigenvalue weighted by Gasteiger charge is 2.27. The molecule has 2 amide bonds. The molecule has 0 fully saturated rings. The zero-order valence-electron chi connectivity index (χ0n) is 19.7. The van der Waals surface area contributed by atoms with Gasteiger partial charge in [-0.2, -0.15) is 0 Å². The van der Waals surface area contributed by atoms with Gasteiger partial charge >= 0.3 is 5.97 Å². The van der Waals surface area contributed by atoms with Crippen molar-refractivity contribution >= 4 is 17.8 Å². The maximum Gasteiger partial charge on any atom is 0.306 e. The van der Waals surface area contributed by atoms with Crippen molar-refractivity contribution in [3.05, 3.63) is 73.1 Å². The van der Waals surface area contributed by atoms with E-state index in [0.717, 1.165) is 22.3 Å². The zero-order valence-corrected chi connectivity index (χ0v) is 19.7. The second-order valence-electron chi connectivity index (χ2n) is 9.14. The van der Waals surface area contributed by atoms with Crippen molar-refractivity contribution in [1.82, 2.24) is 15.2 Å². The molecule has 1 heterocycles. The number of hydrogen-bond acceptors (Lipinski definition) is 3. The molecule has 0 unspecified atom stereocenters. The molecule has 3 N–H and O–H groups in total. The lowest BCUT2D eigenvalue weighted by atomic mass is 9.88. The van der Waals surface area contributed by atoms with E-state index in [1.807, 2.05) is 62.4 Å². The lowest BCUT2D eigenvalue weighted by Gasteiger charge is -2.25. The Hall–Kier alpha value is -3.87. The molecule has 0 radical (unpaired) electrons. The summed E-state index contributed by atoms with van der Waals surface area (Å²) >= 11 is 0. The Labute approximate surface area is 199 Å². The van der Waals surface area contributed by atoms with Crippen LogP contribution in [0.25, 0.3) is 22.3 Å². The number of carbonyl (C=O) groups excluding carboxylic acids is 2. The summed E-state index contributed by atoms with van der Waals surface area (Å²) < 4.78 is 1.63. The summed E-state index contributed by atoms with van der Waals surface area (Å²) in [4.78, 5) is 36.1. The SMILES string of the molecule is CNC(=O)CC(C)(C)CNC(=O)[C@@H](CC(=O)O)n1ccc(-c2ccc(-c3ccccc3)cc2)c1. The second-order valence-corrected chi connectivity index (χ2v) is 9.14. The number of carboxylic acid groups (broad SMARTS) is 1. The van der Waals surface area contributed by atoms with Crippen LogP contribution in [-0.4, -0.2) is 41.0 Å². The quantitative estimate of drug-likeness (QED) is 0.423. The molecule has 0 aliphatic heterocycles. The Morgan fingerprint density at radius 3 is 2.09 bits per heavy atom. The van der Waals surface area contributed by atoms with E-state index in [9.17, 15) is 19.5 Å². The molecule has 2 aromatic carbocycles. The van der Waals surface area contributed by atoms with Gasteiger partial charge in [-0.15, -0.1) is 0 Å². The van der Waals surface area contributed by atoms with E-state index in [1.165, 1.54) is 0 Å². The fourth-order valence-electron chi connectivity index (χ4n) is 3.79. The number of carbonyl (C=O) groups is 3. The molecule has 0 saturated carbocycles. The van der Waals surface area contributed by atoms with Gasteiger partial charge in [-0.3, -0.25) is 14.4 Å². The molecule has 3 rings (SSSR count). The minimum absolute atomic E-state index is 0.116. The lowest BCUT2D eigenvalue weighted by Crippen LogP contribution is -2.40. The number of benzene rings is 2. The Balaban J connectivity index is 1.74. The van der Waals surface area contributed by atoms with Crippen LogP contribution >= 0.6 is 0 Å². The topological polar surface area (TPSA) is 100 Å². The summed E-state index contributed by atoms with van der Waals surface area (Å²) in [5, 5.41) is 14.8. The molecule has 0 saturated heterocycles. The summed E-state index contributed by atoms with van der Waals surface area (Å²) in [6, 6.07) is 19.1. The first-order valence-electron chi connectivity index (χ1n) is 11.2. The highest BCUT2D eigenvalue weighted by molar-refractivity contribution is 5.85. The van der Waals surface area contributed by atoms with E-state index in [2.05, 4.69) is 22.8 Å². The van der Waals surface area contributed by atoms with Gasteiger partial charge in [0.25, 0.3) is 0 Å². The van der Waals surface area contributed by atoms with Crippen LogP contribution in [0.2, 0.25) is 0 Å². The molecule has 0 bridgehead atoms. The van der Waals surface area contributed by atoms with Crippen LogP contribution < -0.4 is 10.6 Å². The molecular formula is C27H31N3O4. The van der Waals surface area contributed by atoms with Crippen molar-refractivity contribution in [2.45, 2.75) is 32.7 Å². The number of nitrogens with zero attached hydrogens (tertiary/aromatic N) is 1. The van der Waals surface area contributed by atoms with Gasteiger partial charge in [-0.1, -0.05) is 68.4 Å². The van der Waals surface area contributed by atoms with Gasteiger partial charge in [0.2, 0.25) is 11.8 Å². The van der Waals surface area contributed by atoms with Crippen LogP contribution in [-0.2, 0) is 14.4 Å². The zero-order chi connectivity index (χ0) is 24.7. The van der Waals surface area contributed by atoms with Gasteiger partial charge in [-0.25, -0.2) is 0 Å². The van der Waals surface area contributed by atoms with E-state index in [1.54, 1.807) is 24.0 Å². The number of hydrogen-bond donors (Lipinski definition) is 3. The van der Waals surface area contributed by atoms with Crippen molar-refractivity contribution in [3.63, 3.8) is 0 Å². The lowest BCUT2D eigenvalue weighted by molar-refractivity contribution is -0.140. The first-order chi connectivity index (χ1) is 16.2. The molecule has 0 aliphatic carbocycles. The van der Waals surface area contributed by atoms with Crippen LogP contribution in [0.5, 0.6) is 0 Å². The Morgan fingerprint density at radius 1 is 0.912 bits per heavy atom. The van der Waals surface area contributed by atoms with Gasteiger partial charge in [0.05, 0.1) is 6.42 Å². The van der Waals surface area contributed by atoms with Crippen LogP contribution in [0.15, 0.2) is 73.1 Å². The Kier molecular flexibility index (Phi) is 7.89. The van der Waals surface area contributed by atoms with Crippen molar-refractivity contribution in [2.24, 2.45) is 5.41 Å². The predicted molar refractivity (Wildman–Crippen MR) is 132 cm³/mol. The normalized spacial score (nSPS) is 12.1. The van der Waals surface area contributed by atoms with Gasteiger partial charge < -0.3 is 20.3 Å². The molecule has 1 aromatic heterocycles. The molecule has 0 spiro atoms. The number of aromatic nitrogens is 1. The number of carboxylic acids is 1. The van der Waals surface area contributed by atoms with Crippen LogP contribution in [0.1, 0.15) is 32.7 Å². The standard InChI is InChI=1S/C27H31N3O4/c1-27(2,16-24(31)28-3)18-29-26(34)23(15-25(32)33)30-14-13-22(17-30)21-11-9-20(10-12-21)19-7-5-4-6-8-19/h4-14,17,23H,15-16,18H2,1-3H3,(H,28,31)(H,29,34)(H,32,33)/t23-/m1/s1. The van der Waals surface area contributed by atoms with Crippen molar-refractivity contribution in [2.75, 3.05) is 13.6 Å². The van der Waals surface area contributed by atoms with Gasteiger partial charge in [-0.05, 0) is 33.7 Å². The molecule has 0 aliphatic rings. The van der Waals surface area contributed by atoms with Crippen molar-refractivity contribution in [1.29, 1.82) is 0 Å². The number of amides is 2. The summed E-state index contributed by atoms with van der Waals surface area (Å²) in [5.41, 5.74) is 3.63. The average molecular weight is 462 g/mol. The van der Waals surface area contributed by atoms with Gasteiger partial charge in [0.1, 0.15) is 6.04 Å². The van der Waals surface area contributed by atoms with Crippen LogP contribution in [0.3, 0.4) is 0 Å². The van der Waals surface area contributed by atoms with Crippen molar-refractivity contribution in [3.8, 4) is 22.3 Å². The largest absolute Gasteiger partial charge is 0.481 e. The maximum absolute atomic E-state index is 12.9. The number of nitrogens with one attached hydrogen (secondary N) is 2. The Morgan fingerprint density at radius 2 is 1.50 bits per heavy atom. The molecule has 7 nitrogen and oxygen atoms in total. The van der Waals surface area contributed by atoms with E-state index < -0.39 is 23.3 Å². The third-order valence-corrected chi connectivity index (χ3v) is 5.73. The maximum atomic E-state index is 12.9. The molecule has 178 valence electrons. The van der Waals surface area contributed by atoms with Gasteiger partial charge in [0, 0.05) is 32.4 Å². The minimum atomic E-state index is -1.06. The third kappa shape index (κ3) is 6.57. The molecular weight excluding hydrogens is 430 g/mol. The summed E-state index contributed by atoms with van der Waals surface area (Å²) in [5.74, 6) is -1.57. The van der Waals surface area contributed by atoms with E-state index in [4.69, 9.17) is 0 Å². The fourth-order valence-corrected chi connectivity index (χ4v) is 3.79. The molecule has 34 heavy (non-hydrogen) atoms. The third-order valence-electron chi connectivity index (χ3n) is 5.73. The minimum Gasteiger partial charge on any atom is -0.481 e. The highest BCUT2D eigenvalue weighted by Crippen LogP contribution is 2.27. The molecule has 3 aromatic rings. The molecule has 1 atom stereocenters. The smallest absolute Gasteiger partial charge is 0.306 e. The van der Waals surface area contributed by atoms with Crippen LogP contribution in [0.4, 0.5) is 0 Å². The van der Waals surface area contributed by atoms with Gasteiger partial charge in [0.15, 0.2) is 0 Å². The van der Waals surface area contributed by atoms with Crippen LogP contribution in [0, 0.1) is 5.41 Å². The second kappa shape index (κ2) is 10.8. The highest BCUT2D eigenvalue weighted by atomic mass is 16.4. The average Bonchev–Trinajstić information content (AvgIpc) is 3.31. The van der Waals surface area contributed by atoms with E-state index in [0.29, 0.717) is 0 Å². The Bertz CT molecular complexity index is 1130. The van der Waals surface area contributed by atoms with E-state index in [-0.39, 0.29) is 25.3 Å². The number of rotatable bonds is 10. The fraction of sp³-hybridized carbons (Fsp3) is 0.296.